The van der Waals surface area contributed by atoms with Crippen molar-refractivity contribution < 1.29 is 0 Å². The van der Waals surface area contributed by atoms with Crippen molar-refractivity contribution in [3.05, 3.63) is 11.6 Å². The molecule has 2 heterocycles. The summed E-state index contributed by atoms with van der Waals surface area (Å²) in [4.78, 5) is 7.23. The molecule has 0 bridgehead atoms. The van der Waals surface area contributed by atoms with Crippen LogP contribution in [-0.2, 0) is 13.6 Å². The molecule has 3 rings (SSSR count). The Hall–Kier alpha value is -0.940. The minimum absolute atomic E-state index is 0.618. The van der Waals surface area contributed by atoms with Gasteiger partial charge in [0.15, 0.2) is 5.82 Å². The third-order valence-corrected chi connectivity index (χ3v) is 4.16. The number of nitrogens with zero attached hydrogens (tertiary/aromatic N) is 4. The highest BCUT2D eigenvalue weighted by molar-refractivity contribution is 5.01. The van der Waals surface area contributed by atoms with Crippen molar-refractivity contribution in [2.75, 3.05) is 26.2 Å². The largest absolute Gasteiger partial charge is 0.314 e. The molecule has 0 radical (unpaired) electrons. The van der Waals surface area contributed by atoms with Gasteiger partial charge in [0.1, 0.15) is 5.82 Å². The van der Waals surface area contributed by atoms with E-state index in [1.54, 1.807) is 0 Å². The topological polar surface area (TPSA) is 46.0 Å². The Morgan fingerprint density at radius 1 is 1.22 bits per heavy atom. The summed E-state index contributed by atoms with van der Waals surface area (Å²) in [5, 5.41) is 8.00. The average Bonchev–Trinajstić information content (AvgIpc) is 3.01. The summed E-state index contributed by atoms with van der Waals surface area (Å²) in [6.07, 6.45) is 5.24. The van der Waals surface area contributed by atoms with Crippen LogP contribution in [-0.4, -0.2) is 45.8 Å². The van der Waals surface area contributed by atoms with Crippen LogP contribution in [0.5, 0.6) is 0 Å². The lowest BCUT2D eigenvalue weighted by molar-refractivity contribution is 0.225. The summed E-state index contributed by atoms with van der Waals surface area (Å²) >= 11 is 0. The molecule has 0 spiro atoms. The Bertz CT molecular complexity index is 388. The lowest BCUT2D eigenvalue weighted by atomic mass is 10.1. The van der Waals surface area contributed by atoms with E-state index in [2.05, 4.69) is 15.3 Å². The number of aryl methyl sites for hydroxylation is 1. The first-order chi connectivity index (χ1) is 8.83. The fourth-order valence-electron chi connectivity index (χ4n) is 3.00. The van der Waals surface area contributed by atoms with E-state index in [-0.39, 0.29) is 0 Å². The fraction of sp³-hybridized carbons (Fsp3) is 0.846. The van der Waals surface area contributed by atoms with Gasteiger partial charge in [0.2, 0.25) is 0 Å². The van der Waals surface area contributed by atoms with Crippen molar-refractivity contribution in [1.29, 1.82) is 0 Å². The van der Waals surface area contributed by atoms with Gasteiger partial charge in [-0.2, -0.15) is 5.10 Å². The maximum Gasteiger partial charge on any atom is 0.154 e. The Morgan fingerprint density at radius 2 is 1.94 bits per heavy atom. The molecule has 0 unspecified atom stereocenters. The highest BCUT2D eigenvalue weighted by Gasteiger charge is 2.23. The van der Waals surface area contributed by atoms with E-state index in [0.717, 1.165) is 44.4 Å². The first kappa shape index (κ1) is 12.1. The molecule has 1 aliphatic heterocycles. The molecule has 2 aliphatic rings. The Kier molecular flexibility index (Phi) is 3.61. The first-order valence-corrected chi connectivity index (χ1v) is 7.16. The standard InChI is InChI=1S/C13H23N5/c1-17-12(10-18-8-6-14-7-9-18)15-13(16-17)11-4-2-3-5-11/h11,14H,2-10H2,1H3. The monoisotopic (exact) mass is 249 g/mol. The highest BCUT2D eigenvalue weighted by Crippen LogP contribution is 2.32. The molecule has 0 aromatic carbocycles. The second kappa shape index (κ2) is 5.36. The second-order valence-electron chi connectivity index (χ2n) is 5.52. The Labute approximate surface area is 109 Å². The van der Waals surface area contributed by atoms with E-state index in [1.807, 2.05) is 11.7 Å². The zero-order valence-electron chi connectivity index (χ0n) is 11.2. The zero-order chi connectivity index (χ0) is 12.4. The van der Waals surface area contributed by atoms with Crippen LogP contribution in [0.3, 0.4) is 0 Å². The molecule has 1 aliphatic carbocycles. The number of aromatic nitrogens is 3. The third kappa shape index (κ3) is 2.57. The molecule has 1 saturated carbocycles. The summed E-state index contributed by atoms with van der Waals surface area (Å²) in [7, 11) is 2.03. The maximum absolute atomic E-state index is 4.78. The number of piperazine rings is 1. The maximum atomic E-state index is 4.78. The molecule has 5 nitrogen and oxygen atoms in total. The molecule has 2 fully saturated rings. The smallest absolute Gasteiger partial charge is 0.154 e. The van der Waals surface area contributed by atoms with Crippen molar-refractivity contribution >= 4 is 0 Å². The normalized spacial score (nSPS) is 22.7. The molecule has 0 atom stereocenters. The minimum Gasteiger partial charge on any atom is -0.314 e. The molecule has 1 aromatic rings. The summed E-state index contributed by atoms with van der Waals surface area (Å²) < 4.78 is 1.98. The van der Waals surface area contributed by atoms with Crippen LogP contribution in [0.25, 0.3) is 0 Å². The van der Waals surface area contributed by atoms with E-state index < -0.39 is 0 Å². The molecular formula is C13H23N5. The summed E-state index contributed by atoms with van der Waals surface area (Å²) in [5.74, 6) is 2.83. The highest BCUT2D eigenvalue weighted by atomic mass is 15.4. The van der Waals surface area contributed by atoms with Gasteiger partial charge < -0.3 is 5.32 Å². The molecule has 100 valence electrons. The van der Waals surface area contributed by atoms with Crippen LogP contribution in [0, 0.1) is 0 Å². The SMILES string of the molecule is Cn1nc(C2CCCC2)nc1CN1CCNCC1. The number of nitrogens with one attached hydrogen (secondary N) is 1. The van der Waals surface area contributed by atoms with E-state index in [0.29, 0.717) is 5.92 Å². The van der Waals surface area contributed by atoms with Crippen LogP contribution >= 0.6 is 0 Å². The molecule has 1 saturated heterocycles. The van der Waals surface area contributed by atoms with Gasteiger partial charge in [0.05, 0.1) is 6.54 Å². The van der Waals surface area contributed by atoms with E-state index in [1.165, 1.54) is 25.7 Å². The number of hydrogen-bond acceptors (Lipinski definition) is 4. The number of rotatable bonds is 3. The molecule has 1 aromatic heterocycles. The van der Waals surface area contributed by atoms with Gasteiger partial charge >= 0.3 is 0 Å². The summed E-state index contributed by atoms with van der Waals surface area (Å²) in [5.41, 5.74) is 0. The van der Waals surface area contributed by atoms with Crippen molar-refractivity contribution in [3.63, 3.8) is 0 Å². The summed E-state index contributed by atoms with van der Waals surface area (Å²) in [6, 6.07) is 0. The van der Waals surface area contributed by atoms with Crippen LogP contribution in [0.1, 0.15) is 43.3 Å². The molecule has 0 amide bonds. The first-order valence-electron chi connectivity index (χ1n) is 7.16. The van der Waals surface area contributed by atoms with Crippen molar-refractivity contribution in [2.45, 2.75) is 38.1 Å². The number of hydrogen-bond donors (Lipinski definition) is 1. The van der Waals surface area contributed by atoms with Crippen molar-refractivity contribution in [1.82, 2.24) is 25.0 Å². The molecule has 5 heteroatoms. The van der Waals surface area contributed by atoms with Gasteiger partial charge in [-0.25, -0.2) is 4.98 Å². The van der Waals surface area contributed by atoms with Gasteiger partial charge in [0.25, 0.3) is 0 Å². The van der Waals surface area contributed by atoms with E-state index in [4.69, 9.17) is 4.98 Å². The van der Waals surface area contributed by atoms with Gasteiger partial charge in [-0.3, -0.25) is 9.58 Å². The quantitative estimate of drug-likeness (QED) is 0.864. The summed E-state index contributed by atoms with van der Waals surface area (Å²) in [6.45, 7) is 5.36. The molecular weight excluding hydrogens is 226 g/mol. The van der Waals surface area contributed by atoms with E-state index >= 15 is 0 Å². The predicted molar refractivity (Wildman–Crippen MR) is 70.4 cm³/mol. The fourth-order valence-corrected chi connectivity index (χ4v) is 3.00. The van der Waals surface area contributed by atoms with Gasteiger partial charge in [-0.1, -0.05) is 12.8 Å². The van der Waals surface area contributed by atoms with Crippen LogP contribution < -0.4 is 5.32 Å². The van der Waals surface area contributed by atoms with Gasteiger partial charge in [0, 0.05) is 39.1 Å². The van der Waals surface area contributed by atoms with E-state index in [9.17, 15) is 0 Å². The van der Waals surface area contributed by atoms with Crippen molar-refractivity contribution in [3.8, 4) is 0 Å². The van der Waals surface area contributed by atoms with Crippen LogP contribution in [0.4, 0.5) is 0 Å². The zero-order valence-corrected chi connectivity index (χ0v) is 11.2. The molecule has 18 heavy (non-hydrogen) atoms. The average molecular weight is 249 g/mol. The van der Waals surface area contributed by atoms with Crippen LogP contribution in [0.2, 0.25) is 0 Å². The minimum atomic E-state index is 0.618. The Balaban J connectivity index is 1.67. The lowest BCUT2D eigenvalue weighted by Gasteiger charge is -2.26. The van der Waals surface area contributed by atoms with Gasteiger partial charge in [-0.05, 0) is 12.8 Å². The van der Waals surface area contributed by atoms with Gasteiger partial charge in [-0.15, -0.1) is 0 Å². The van der Waals surface area contributed by atoms with Crippen LogP contribution in [0.15, 0.2) is 0 Å². The Morgan fingerprint density at radius 3 is 2.67 bits per heavy atom. The third-order valence-electron chi connectivity index (χ3n) is 4.16. The van der Waals surface area contributed by atoms with Crippen molar-refractivity contribution in [2.24, 2.45) is 7.05 Å². The lowest BCUT2D eigenvalue weighted by Crippen LogP contribution is -2.43. The second-order valence-corrected chi connectivity index (χ2v) is 5.52. The molecule has 1 N–H and O–H groups in total. The predicted octanol–water partition coefficient (Wildman–Crippen LogP) is 0.878.